The number of carbonyl (C=O) groups is 2. The predicted molar refractivity (Wildman–Crippen MR) is 118 cm³/mol. The Morgan fingerprint density at radius 1 is 0.968 bits per heavy atom. The summed E-state index contributed by atoms with van der Waals surface area (Å²) in [6, 6.07) is 20.8. The molecule has 8 nitrogen and oxygen atoms in total. The van der Waals surface area contributed by atoms with Gasteiger partial charge in [-0.15, -0.1) is 0 Å². The molecule has 0 heterocycles. The van der Waals surface area contributed by atoms with Crippen molar-refractivity contribution in [3.8, 4) is 11.1 Å². The first-order chi connectivity index (χ1) is 14.9. The zero-order chi connectivity index (χ0) is 22.4. The van der Waals surface area contributed by atoms with Gasteiger partial charge in [0.25, 0.3) is 11.6 Å². The summed E-state index contributed by atoms with van der Waals surface area (Å²) in [4.78, 5) is 35.7. The van der Waals surface area contributed by atoms with Gasteiger partial charge in [-0.1, -0.05) is 48.5 Å². The molecule has 3 aromatic carbocycles. The molecule has 3 rings (SSSR count). The summed E-state index contributed by atoms with van der Waals surface area (Å²) in [6.45, 7) is 1.44. The molecule has 0 aliphatic heterocycles. The van der Waals surface area contributed by atoms with Gasteiger partial charge >= 0.3 is 5.97 Å². The van der Waals surface area contributed by atoms with Gasteiger partial charge in [0.1, 0.15) is 5.69 Å². The van der Waals surface area contributed by atoms with E-state index in [-0.39, 0.29) is 16.9 Å². The van der Waals surface area contributed by atoms with Crippen LogP contribution in [-0.2, 0) is 9.53 Å². The maximum Gasteiger partial charge on any atom is 0.339 e. The van der Waals surface area contributed by atoms with Gasteiger partial charge in [-0.2, -0.15) is 0 Å². The number of nitrogens with one attached hydrogen (secondary N) is 2. The molecule has 0 fully saturated rings. The van der Waals surface area contributed by atoms with E-state index in [1.807, 2.05) is 42.5 Å². The molecule has 0 aromatic heterocycles. The number of hydrogen-bond donors (Lipinski definition) is 2. The Hall–Kier alpha value is -4.20. The lowest BCUT2D eigenvalue weighted by Crippen LogP contribution is -2.30. The number of nitro groups is 1. The van der Waals surface area contributed by atoms with Crippen molar-refractivity contribution in [2.75, 3.05) is 17.7 Å². The Morgan fingerprint density at radius 3 is 2.32 bits per heavy atom. The van der Waals surface area contributed by atoms with Crippen molar-refractivity contribution in [2.24, 2.45) is 0 Å². The molecule has 1 unspecified atom stereocenters. The minimum atomic E-state index is -1.11. The molecule has 1 atom stereocenters. The number of amides is 1. The van der Waals surface area contributed by atoms with Crippen LogP contribution in [0.2, 0.25) is 0 Å². The highest BCUT2D eigenvalue weighted by Gasteiger charge is 2.22. The number of nitro benzene ring substituents is 1. The van der Waals surface area contributed by atoms with Gasteiger partial charge in [0.15, 0.2) is 6.10 Å². The normalized spacial score (nSPS) is 11.3. The number of benzene rings is 3. The first-order valence-corrected chi connectivity index (χ1v) is 9.53. The van der Waals surface area contributed by atoms with Crippen LogP contribution in [0, 0.1) is 10.1 Å². The second kappa shape index (κ2) is 9.53. The molecule has 0 radical (unpaired) electrons. The van der Waals surface area contributed by atoms with Crippen LogP contribution < -0.4 is 10.6 Å². The third kappa shape index (κ3) is 5.05. The number of nitrogens with zero attached hydrogens (tertiary/aromatic N) is 1. The largest absolute Gasteiger partial charge is 0.449 e. The predicted octanol–water partition coefficient (Wildman–Crippen LogP) is 4.49. The Kier molecular flexibility index (Phi) is 6.61. The molecule has 2 N–H and O–H groups in total. The summed E-state index contributed by atoms with van der Waals surface area (Å²) >= 11 is 0. The van der Waals surface area contributed by atoms with Crippen molar-refractivity contribution in [1.29, 1.82) is 0 Å². The van der Waals surface area contributed by atoms with Crippen molar-refractivity contribution in [2.45, 2.75) is 13.0 Å². The Bertz CT molecular complexity index is 1120. The van der Waals surface area contributed by atoms with Gasteiger partial charge in [0, 0.05) is 24.4 Å². The summed E-state index contributed by atoms with van der Waals surface area (Å²) in [5, 5.41) is 16.7. The minimum Gasteiger partial charge on any atom is -0.449 e. The summed E-state index contributed by atoms with van der Waals surface area (Å²) in [5.41, 5.74) is 2.33. The molecule has 8 heteroatoms. The van der Waals surface area contributed by atoms with Gasteiger partial charge in [-0.05, 0) is 30.7 Å². The van der Waals surface area contributed by atoms with E-state index >= 15 is 0 Å². The van der Waals surface area contributed by atoms with E-state index in [1.165, 1.54) is 19.1 Å². The number of ether oxygens (including phenoxy) is 1. The average molecular weight is 419 g/mol. The van der Waals surface area contributed by atoms with Crippen LogP contribution in [0.3, 0.4) is 0 Å². The number of esters is 1. The number of para-hydroxylation sites is 1. The van der Waals surface area contributed by atoms with Crippen LogP contribution in [0.25, 0.3) is 11.1 Å². The highest BCUT2D eigenvalue weighted by molar-refractivity contribution is 6.00. The SMILES string of the molecule is CNc1ccc(C(=O)OC(C)C(=O)Nc2ccccc2-c2ccccc2)cc1[N+](=O)[O-]. The smallest absolute Gasteiger partial charge is 0.339 e. The zero-order valence-electron chi connectivity index (χ0n) is 17.0. The van der Waals surface area contributed by atoms with Crippen LogP contribution in [0.4, 0.5) is 17.1 Å². The van der Waals surface area contributed by atoms with E-state index in [2.05, 4.69) is 10.6 Å². The van der Waals surface area contributed by atoms with E-state index in [4.69, 9.17) is 4.74 Å². The maximum absolute atomic E-state index is 12.6. The summed E-state index contributed by atoms with van der Waals surface area (Å²) in [5.74, 6) is -1.34. The minimum absolute atomic E-state index is 0.0185. The molecule has 0 spiro atoms. The lowest BCUT2D eigenvalue weighted by Gasteiger charge is -2.16. The monoisotopic (exact) mass is 419 g/mol. The average Bonchev–Trinajstić information content (AvgIpc) is 2.79. The number of anilines is 2. The van der Waals surface area contributed by atoms with Crippen molar-refractivity contribution in [1.82, 2.24) is 0 Å². The van der Waals surface area contributed by atoms with E-state index in [0.717, 1.165) is 17.2 Å². The van der Waals surface area contributed by atoms with Crippen molar-refractivity contribution in [3.63, 3.8) is 0 Å². The van der Waals surface area contributed by atoms with Crippen LogP contribution in [0.5, 0.6) is 0 Å². The van der Waals surface area contributed by atoms with E-state index in [9.17, 15) is 19.7 Å². The third-order valence-electron chi connectivity index (χ3n) is 4.62. The molecule has 31 heavy (non-hydrogen) atoms. The fourth-order valence-electron chi connectivity index (χ4n) is 3.00. The lowest BCUT2D eigenvalue weighted by atomic mass is 10.0. The molecule has 158 valence electrons. The Morgan fingerprint density at radius 2 is 1.65 bits per heavy atom. The standard InChI is InChI=1S/C23H21N3O5/c1-15(31-23(28)17-12-13-20(24-2)21(14-17)26(29)30)22(27)25-19-11-7-6-10-18(19)16-8-4-3-5-9-16/h3-15,24H,1-2H3,(H,25,27). The van der Waals surface area contributed by atoms with Crippen LogP contribution >= 0.6 is 0 Å². The van der Waals surface area contributed by atoms with Crippen molar-refractivity contribution < 1.29 is 19.2 Å². The summed E-state index contributed by atoms with van der Waals surface area (Å²) in [7, 11) is 1.54. The van der Waals surface area contributed by atoms with Crippen molar-refractivity contribution >= 4 is 28.9 Å². The zero-order valence-corrected chi connectivity index (χ0v) is 17.0. The Balaban J connectivity index is 1.73. The van der Waals surface area contributed by atoms with Crippen molar-refractivity contribution in [3.05, 3.63) is 88.5 Å². The first kappa shape index (κ1) is 21.5. The third-order valence-corrected chi connectivity index (χ3v) is 4.62. The second-order valence-electron chi connectivity index (χ2n) is 6.69. The fraction of sp³-hybridized carbons (Fsp3) is 0.130. The molecule has 0 saturated heterocycles. The summed E-state index contributed by atoms with van der Waals surface area (Å²) < 4.78 is 5.23. The molecule has 1 amide bonds. The molecular weight excluding hydrogens is 398 g/mol. The van der Waals surface area contributed by atoms with Crippen LogP contribution in [-0.4, -0.2) is 30.0 Å². The summed E-state index contributed by atoms with van der Waals surface area (Å²) in [6.07, 6.45) is -1.11. The van der Waals surface area contributed by atoms with Crippen LogP contribution in [0.15, 0.2) is 72.8 Å². The maximum atomic E-state index is 12.6. The molecule has 0 saturated carbocycles. The quantitative estimate of drug-likeness (QED) is 0.332. The topological polar surface area (TPSA) is 111 Å². The van der Waals surface area contributed by atoms with E-state index < -0.39 is 22.9 Å². The van der Waals surface area contributed by atoms with Gasteiger partial charge in [-0.3, -0.25) is 14.9 Å². The van der Waals surface area contributed by atoms with Gasteiger partial charge in [0.05, 0.1) is 10.5 Å². The van der Waals surface area contributed by atoms with E-state index in [1.54, 1.807) is 19.2 Å². The fourth-order valence-corrected chi connectivity index (χ4v) is 3.00. The second-order valence-corrected chi connectivity index (χ2v) is 6.69. The first-order valence-electron chi connectivity index (χ1n) is 9.53. The lowest BCUT2D eigenvalue weighted by molar-refractivity contribution is -0.384. The van der Waals surface area contributed by atoms with Gasteiger partial charge in [0.2, 0.25) is 0 Å². The number of rotatable bonds is 7. The molecule has 0 bridgehead atoms. The van der Waals surface area contributed by atoms with E-state index in [0.29, 0.717) is 5.69 Å². The van der Waals surface area contributed by atoms with Gasteiger partial charge < -0.3 is 15.4 Å². The molecule has 3 aromatic rings. The highest BCUT2D eigenvalue weighted by atomic mass is 16.6. The number of hydrogen-bond acceptors (Lipinski definition) is 6. The molecule has 0 aliphatic rings. The van der Waals surface area contributed by atoms with Gasteiger partial charge in [-0.25, -0.2) is 4.79 Å². The molecule has 0 aliphatic carbocycles. The Labute approximate surface area is 179 Å². The number of carbonyl (C=O) groups excluding carboxylic acids is 2. The van der Waals surface area contributed by atoms with Crippen LogP contribution in [0.1, 0.15) is 17.3 Å². The highest BCUT2D eigenvalue weighted by Crippen LogP contribution is 2.28. The molecular formula is C23H21N3O5.